The number of carbonyl (C=O) groups is 1. The van der Waals surface area contributed by atoms with Gasteiger partial charge in [0.2, 0.25) is 5.91 Å². The molecule has 0 aliphatic heterocycles. The van der Waals surface area contributed by atoms with Gasteiger partial charge < -0.3 is 4.90 Å². The van der Waals surface area contributed by atoms with Gasteiger partial charge in [-0.05, 0) is 18.6 Å². The predicted octanol–water partition coefficient (Wildman–Crippen LogP) is 3.88. The monoisotopic (exact) mass is 239 g/mol. The number of carbonyl (C=O) groups excluding carboxylic acids is 1. The van der Waals surface area contributed by atoms with E-state index in [-0.39, 0.29) is 5.91 Å². The first-order chi connectivity index (χ1) is 7.66. The van der Waals surface area contributed by atoms with Crippen LogP contribution in [0.5, 0.6) is 0 Å². The highest BCUT2D eigenvalue weighted by molar-refractivity contribution is 6.33. The van der Waals surface area contributed by atoms with Crippen molar-refractivity contribution in [3.63, 3.8) is 0 Å². The molecule has 1 amide bonds. The summed E-state index contributed by atoms with van der Waals surface area (Å²) in [4.78, 5) is 13.5. The first kappa shape index (κ1) is 13.0. The normalized spacial score (nSPS) is 10.2. The highest BCUT2D eigenvalue weighted by Gasteiger charge is 2.12. The molecule has 1 aromatic rings. The van der Waals surface area contributed by atoms with E-state index in [1.807, 2.05) is 18.2 Å². The molecule has 16 heavy (non-hydrogen) atoms. The van der Waals surface area contributed by atoms with Crippen LogP contribution < -0.4 is 4.90 Å². The van der Waals surface area contributed by atoms with Gasteiger partial charge in [0, 0.05) is 13.5 Å². The third kappa shape index (κ3) is 3.53. The summed E-state index contributed by atoms with van der Waals surface area (Å²) in [5.41, 5.74) is 0.783. The number of anilines is 1. The number of hydrogen-bond donors (Lipinski definition) is 0. The lowest BCUT2D eigenvalue weighted by molar-refractivity contribution is -0.118. The lowest BCUT2D eigenvalue weighted by Crippen LogP contribution is -2.26. The van der Waals surface area contributed by atoms with Crippen molar-refractivity contribution in [2.45, 2.75) is 32.6 Å². The largest absolute Gasteiger partial charge is 0.314 e. The summed E-state index contributed by atoms with van der Waals surface area (Å²) in [6.45, 7) is 2.13. The molecule has 0 fully saturated rings. The SMILES string of the molecule is CCCCCC(=O)N(C)c1ccccc1Cl. The van der Waals surface area contributed by atoms with Crippen molar-refractivity contribution in [2.75, 3.05) is 11.9 Å². The number of rotatable bonds is 5. The van der Waals surface area contributed by atoms with Gasteiger partial charge in [-0.2, -0.15) is 0 Å². The number of benzene rings is 1. The number of amides is 1. The van der Waals surface area contributed by atoms with E-state index in [1.165, 1.54) is 0 Å². The van der Waals surface area contributed by atoms with Crippen LogP contribution in [0.25, 0.3) is 0 Å². The van der Waals surface area contributed by atoms with Crippen LogP contribution in [-0.2, 0) is 4.79 Å². The molecular weight excluding hydrogens is 222 g/mol. The van der Waals surface area contributed by atoms with Gasteiger partial charge in [-0.15, -0.1) is 0 Å². The molecule has 0 saturated heterocycles. The fraction of sp³-hybridized carbons (Fsp3) is 0.462. The van der Waals surface area contributed by atoms with Crippen LogP contribution in [0.1, 0.15) is 32.6 Å². The van der Waals surface area contributed by atoms with Gasteiger partial charge in [-0.3, -0.25) is 4.79 Å². The van der Waals surface area contributed by atoms with Crippen LogP contribution in [-0.4, -0.2) is 13.0 Å². The zero-order chi connectivity index (χ0) is 12.0. The van der Waals surface area contributed by atoms with E-state index in [0.29, 0.717) is 11.4 Å². The molecule has 0 aromatic heterocycles. The highest BCUT2D eigenvalue weighted by Crippen LogP contribution is 2.24. The van der Waals surface area contributed by atoms with Crippen LogP contribution in [0.15, 0.2) is 24.3 Å². The van der Waals surface area contributed by atoms with Gasteiger partial charge in [-0.25, -0.2) is 0 Å². The van der Waals surface area contributed by atoms with Gasteiger partial charge in [0.1, 0.15) is 0 Å². The van der Waals surface area contributed by atoms with Crippen LogP contribution in [0.4, 0.5) is 5.69 Å². The second-order valence-corrected chi connectivity index (χ2v) is 4.27. The Morgan fingerprint density at radius 2 is 2.00 bits per heavy atom. The summed E-state index contributed by atoms with van der Waals surface area (Å²) in [6.07, 6.45) is 3.77. The number of unbranched alkanes of at least 4 members (excludes halogenated alkanes) is 2. The Bertz CT molecular complexity index is 352. The van der Waals surface area contributed by atoms with E-state index < -0.39 is 0 Å². The molecule has 1 aromatic carbocycles. The summed E-state index contributed by atoms with van der Waals surface area (Å²) in [7, 11) is 1.77. The van der Waals surface area contributed by atoms with Crippen molar-refractivity contribution >= 4 is 23.2 Å². The molecule has 88 valence electrons. The number of nitrogens with zero attached hydrogens (tertiary/aromatic N) is 1. The maximum atomic E-state index is 11.8. The lowest BCUT2D eigenvalue weighted by atomic mass is 10.2. The Balaban J connectivity index is 2.60. The van der Waals surface area contributed by atoms with Crippen molar-refractivity contribution in [1.82, 2.24) is 0 Å². The van der Waals surface area contributed by atoms with Gasteiger partial charge in [0.05, 0.1) is 10.7 Å². The standard InChI is InChI=1S/C13H18ClNO/c1-3-4-5-10-13(16)15(2)12-9-7-6-8-11(12)14/h6-9H,3-5,10H2,1-2H3. The van der Waals surface area contributed by atoms with E-state index in [9.17, 15) is 4.79 Å². The molecule has 3 heteroatoms. The van der Waals surface area contributed by atoms with Gasteiger partial charge in [-0.1, -0.05) is 43.5 Å². The van der Waals surface area contributed by atoms with Gasteiger partial charge in [0.15, 0.2) is 0 Å². The summed E-state index contributed by atoms with van der Waals surface area (Å²) >= 11 is 6.03. The van der Waals surface area contributed by atoms with Crippen LogP contribution >= 0.6 is 11.6 Å². The number of halogens is 1. The zero-order valence-electron chi connectivity index (χ0n) is 9.87. The quantitative estimate of drug-likeness (QED) is 0.714. The molecule has 0 N–H and O–H groups in total. The predicted molar refractivity (Wildman–Crippen MR) is 69.0 cm³/mol. The summed E-state index contributed by atoms with van der Waals surface area (Å²) in [6, 6.07) is 7.41. The fourth-order valence-electron chi connectivity index (χ4n) is 1.55. The van der Waals surface area contributed by atoms with Crippen LogP contribution in [0, 0.1) is 0 Å². The second kappa shape index (κ2) is 6.54. The Hall–Kier alpha value is -1.02. The molecule has 0 aliphatic carbocycles. The summed E-state index contributed by atoms with van der Waals surface area (Å²) < 4.78 is 0. The summed E-state index contributed by atoms with van der Waals surface area (Å²) in [5.74, 6) is 0.126. The van der Waals surface area contributed by atoms with Crippen LogP contribution in [0.3, 0.4) is 0 Å². The summed E-state index contributed by atoms with van der Waals surface area (Å²) in [5, 5.41) is 0.619. The van der Waals surface area contributed by atoms with Crippen molar-refractivity contribution in [3.05, 3.63) is 29.3 Å². The Kier molecular flexibility index (Phi) is 5.33. The minimum atomic E-state index is 0.126. The maximum absolute atomic E-state index is 11.8. The Labute approximate surface area is 102 Å². The highest BCUT2D eigenvalue weighted by atomic mass is 35.5. The van der Waals surface area contributed by atoms with Gasteiger partial charge >= 0.3 is 0 Å². The fourth-order valence-corrected chi connectivity index (χ4v) is 1.81. The van der Waals surface area contributed by atoms with E-state index in [0.717, 1.165) is 24.9 Å². The lowest BCUT2D eigenvalue weighted by Gasteiger charge is -2.18. The van der Waals surface area contributed by atoms with E-state index in [1.54, 1.807) is 18.0 Å². The molecule has 1 rings (SSSR count). The molecule has 0 saturated carbocycles. The third-order valence-electron chi connectivity index (χ3n) is 2.58. The molecule has 2 nitrogen and oxygen atoms in total. The molecule has 0 heterocycles. The topological polar surface area (TPSA) is 20.3 Å². The maximum Gasteiger partial charge on any atom is 0.226 e. The first-order valence-corrected chi connectivity index (χ1v) is 6.05. The minimum Gasteiger partial charge on any atom is -0.314 e. The number of para-hydroxylation sites is 1. The third-order valence-corrected chi connectivity index (χ3v) is 2.90. The molecule has 0 spiro atoms. The van der Waals surface area contributed by atoms with Crippen molar-refractivity contribution < 1.29 is 4.79 Å². The van der Waals surface area contributed by atoms with Crippen molar-refractivity contribution in [3.8, 4) is 0 Å². The van der Waals surface area contributed by atoms with Crippen molar-refractivity contribution in [1.29, 1.82) is 0 Å². The zero-order valence-corrected chi connectivity index (χ0v) is 10.6. The second-order valence-electron chi connectivity index (χ2n) is 3.86. The van der Waals surface area contributed by atoms with E-state index in [4.69, 9.17) is 11.6 Å². The average Bonchev–Trinajstić information content (AvgIpc) is 2.29. The van der Waals surface area contributed by atoms with Gasteiger partial charge in [0.25, 0.3) is 0 Å². The minimum absolute atomic E-state index is 0.126. The Morgan fingerprint density at radius 3 is 2.62 bits per heavy atom. The number of hydrogen-bond acceptors (Lipinski definition) is 1. The smallest absolute Gasteiger partial charge is 0.226 e. The molecule has 0 unspecified atom stereocenters. The molecule has 0 atom stereocenters. The average molecular weight is 240 g/mol. The van der Waals surface area contributed by atoms with E-state index in [2.05, 4.69) is 6.92 Å². The first-order valence-electron chi connectivity index (χ1n) is 5.68. The Morgan fingerprint density at radius 1 is 1.31 bits per heavy atom. The molecular formula is C13H18ClNO. The van der Waals surface area contributed by atoms with E-state index >= 15 is 0 Å². The molecule has 0 bridgehead atoms. The van der Waals surface area contributed by atoms with Crippen molar-refractivity contribution in [2.24, 2.45) is 0 Å². The molecule has 0 aliphatic rings. The van der Waals surface area contributed by atoms with Crippen LogP contribution in [0.2, 0.25) is 5.02 Å². The molecule has 0 radical (unpaired) electrons.